The Morgan fingerprint density at radius 2 is 1.79 bits per heavy atom. The average molecular weight is 386 g/mol. The van der Waals surface area contributed by atoms with E-state index in [2.05, 4.69) is 78.6 Å². The summed E-state index contributed by atoms with van der Waals surface area (Å²) in [5.41, 5.74) is 3.64. The normalized spacial score (nSPS) is 13.3. The second-order valence-corrected chi connectivity index (χ2v) is 7.58. The number of furan rings is 1. The first kappa shape index (κ1) is 19.1. The highest BCUT2D eigenvalue weighted by molar-refractivity contribution is 5.86. The number of para-hydroxylation sites is 1. The second-order valence-electron chi connectivity index (χ2n) is 7.58. The lowest BCUT2D eigenvalue weighted by atomic mass is 9.80. The first-order chi connectivity index (χ1) is 14.1. The predicted octanol–water partition coefficient (Wildman–Crippen LogP) is 5.37. The number of benzene rings is 2. The third kappa shape index (κ3) is 4.11. The Hall–Kier alpha value is -3.27. The topological polar surface area (TPSA) is 47.2 Å². The molecule has 4 nitrogen and oxygen atoms in total. The number of hydrogen-bond donors (Lipinski definition) is 1. The van der Waals surface area contributed by atoms with Crippen molar-refractivity contribution in [2.24, 2.45) is 7.05 Å². The third-order valence-corrected chi connectivity index (χ3v) is 5.70. The molecule has 1 N–H and O–H groups in total. The smallest absolute Gasteiger partial charge is 0.221 e. The Morgan fingerprint density at radius 1 is 1.03 bits per heavy atom. The number of aryl methyl sites for hydroxylation is 1. The van der Waals surface area contributed by atoms with Gasteiger partial charge in [0.2, 0.25) is 5.91 Å². The molecule has 0 fully saturated rings. The van der Waals surface area contributed by atoms with Gasteiger partial charge in [-0.05, 0) is 35.2 Å². The number of hydrogen-bond acceptors (Lipinski definition) is 2. The summed E-state index contributed by atoms with van der Waals surface area (Å²) in [6.07, 6.45) is 4.22. The summed E-state index contributed by atoms with van der Waals surface area (Å²) in [4.78, 5) is 12.8. The van der Waals surface area contributed by atoms with E-state index in [0.717, 1.165) is 5.76 Å². The summed E-state index contributed by atoms with van der Waals surface area (Å²) in [6, 6.07) is 22.5. The Balaban J connectivity index is 1.64. The fourth-order valence-corrected chi connectivity index (χ4v) is 4.08. The second kappa shape index (κ2) is 8.39. The molecule has 4 rings (SSSR count). The first-order valence-corrected chi connectivity index (χ1v) is 10.0. The van der Waals surface area contributed by atoms with E-state index in [1.54, 1.807) is 6.26 Å². The van der Waals surface area contributed by atoms with Crippen LogP contribution in [0.15, 0.2) is 83.6 Å². The van der Waals surface area contributed by atoms with Crippen molar-refractivity contribution in [2.45, 2.75) is 31.7 Å². The van der Waals surface area contributed by atoms with Gasteiger partial charge in [-0.25, -0.2) is 0 Å². The van der Waals surface area contributed by atoms with E-state index < -0.39 is 0 Å². The molecule has 0 aliphatic rings. The summed E-state index contributed by atoms with van der Waals surface area (Å²) < 4.78 is 7.48. The molecule has 4 aromatic rings. The van der Waals surface area contributed by atoms with Crippen LogP contribution in [0.2, 0.25) is 0 Å². The van der Waals surface area contributed by atoms with Crippen LogP contribution < -0.4 is 5.32 Å². The maximum Gasteiger partial charge on any atom is 0.221 e. The average Bonchev–Trinajstić information content (AvgIpc) is 3.39. The van der Waals surface area contributed by atoms with Gasteiger partial charge >= 0.3 is 0 Å². The Kier molecular flexibility index (Phi) is 5.52. The van der Waals surface area contributed by atoms with Gasteiger partial charge in [0.25, 0.3) is 0 Å². The van der Waals surface area contributed by atoms with E-state index in [9.17, 15) is 4.79 Å². The molecule has 0 unspecified atom stereocenters. The highest BCUT2D eigenvalue weighted by atomic mass is 16.3. The molecule has 148 valence electrons. The molecule has 1 amide bonds. The van der Waals surface area contributed by atoms with Crippen molar-refractivity contribution in [3.8, 4) is 0 Å². The lowest BCUT2D eigenvalue weighted by Crippen LogP contribution is -2.26. The van der Waals surface area contributed by atoms with Gasteiger partial charge in [-0.2, -0.15) is 0 Å². The van der Waals surface area contributed by atoms with Crippen molar-refractivity contribution in [1.82, 2.24) is 9.88 Å². The van der Waals surface area contributed by atoms with Crippen LogP contribution in [0.25, 0.3) is 10.9 Å². The zero-order valence-corrected chi connectivity index (χ0v) is 16.8. The van der Waals surface area contributed by atoms with Crippen LogP contribution >= 0.6 is 0 Å². The third-order valence-electron chi connectivity index (χ3n) is 5.70. The zero-order chi connectivity index (χ0) is 20.2. The molecule has 2 aromatic carbocycles. The number of amides is 1. The SMILES string of the molecule is C[C@H](c1ccccc1)[C@H](CC(=O)NCc1ccco1)c1cn(C)c2ccccc12. The van der Waals surface area contributed by atoms with Crippen molar-refractivity contribution in [3.05, 3.63) is 96.1 Å². The van der Waals surface area contributed by atoms with Crippen LogP contribution in [0.1, 0.15) is 42.1 Å². The molecular formula is C25H26N2O2. The minimum atomic E-state index is 0.0297. The molecule has 0 spiro atoms. The lowest BCUT2D eigenvalue weighted by Gasteiger charge is -2.24. The molecule has 0 saturated carbocycles. The summed E-state index contributed by atoms with van der Waals surface area (Å²) in [7, 11) is 2.06. The predicted molar refractivity (Wildman–Crippen MR) is 116 cm³/mol. The van der Waals surface area contributed by atoms with Crippen LogP contribution in [-0.4, -0.2) is 10.5 Å². The minimum Gasteiger partial charge on any atom is -0.467 e. The van der Waals surface area contributed by atoms with Crippen LogP contribution in [0.3, 0.4) is 0 Å². The summed E-state index contributed by atoms with van der Waals surface area (Å²) >= 11 is 0. The van der Waals surface area contributed by atoms with Gasteiger partial charge in [-0.3, -0.25) is 4.79 Å². The highest BCUT2D eigenvalue weighted by Crippen LogP contribution is 2.39. The summed E-state index contributed by atoms with van der Waals surface area (Å²) in [5.74, 6) is 1.06. The fourth-order valence-electron chi connectivity index (χ4n) is 4.08. The minimum absolute atomic E-state index is 0.0297. The lowest BCUT2D eigenvalue weighted by molar-refractivity contribution is -0.121. The molecule has 0 radical (unpaired) electrons. The Labute approximate surface area is 171 Å². The molecule has 29 heavy (non-hydrogen) atoms. The van der Waals surface area contributed by atoms with Crippen LogP contribution in [0.4, 0.5) is 0 Å². The summed E-state index contributed by atoms with van der Waals surface area (Å²) in [5, 5.41) is 4.22. The number of fused-ring (bicyclic) bond motifs is 1. The quantitative estimate of drug-likeness (QED) is 0.464. The van der Waals surface area contributed by atoms with Crippen molar-refractivity contribution in [3.63, 3.8) is 0 Å². The van der Waals surface area contributed by atoms with Crippen molar-refractivity contribution < 1.29 is 9.21 Å². The molecule has 4 heteroatoms. The van der Waals surface area contributed by atoms with Gasteiger partial charge in [0.15, 0.2) is 0 Å². The maximum atomic E-state index is 12.8. The van der Waals surface area contributed by atoms with Crippen molar-refractivity contribution >= 4 is 16.8 Å². The van der Waals surface area contributed by atoms with Gasteiger partial charge in [-0.1, -0.05) is 55.5 Å². The molecule has 0 aliphatic carbocycles. The molecule has 2 aromatic heterocycles. The van der Waals surface area contributed by atoms with Crippen molar-refractivity contribution in [1.29, 1.82) is 0 Å². The van der Waals surface area contributed by atoms with Crippen LogP contribution in [0, 0.1) is 0 Å². The summed E-state index contributed by atoms with van der Waals surface area (Å²) in [6.45, 7) is 2.62. The number of carbonyl (C=O) groups excluding carboxylic acids is 1. The van der Waals surface area contributed by atoms with Gasteiger partial charge < -0.3 is 14.3 Å². The zero-order valence-electron chi connectivity index (χ0n) is 16.8. The monoisotopic (exact) mass is 386 g/mol. The first-order valence-electron chi connectivity index (χ1n) is 10.0. The van der Waals surface area contributed by atoms with Gasteiger partial charge in [0.1, 0.15) is 5.76 Å². The number of nitrogens with zero attached hydrogens (tertiary/aromatic N) is 1. The van der Waals surface area contributed by atoms with Gasteiger partial charge in [-0.15, -0.1) is 0 Å². The molecule has 0 bridgehead atoms. The van der Waals surface area contributed by atoms with E-state index in [1.165, 1.54) is 22.0 Å². The van der Waals surface area contributed by atoms with Crippen LogP contribution in [-0.2, 0) is 18.4 Å². The van der Waals surface area contributed by atoms with E-state index in [0.29, 0.717) is 13.0 Å². The van der Waals surface area contributed by atoms with E-state index in [1.807, 2.05) is 18.2 Å². The van der Waals surface area contributed by atoms with Gasteiger partial charge in [0.05, 0.1) is 12.8 Å². The number of rotatable bonds is 7. The molecule has 0 aliphatic heterocycles. The fraction of sp³-hybridized carbons (Fsp3) is 0.240. The maximum absolute atomic E-state index is 12.8. The molecule has 0 saturated heterocycles. The van der Waals surface area contributed by atoms with E-state index >= 15 is 0 Å². The van der Waals surface area contributed by atoms with Crippen LogP contribution in [0.5, 0.6) is 0 Å². The number of carbonyl (C=O) groups is 1. The highest BCUT2D eigenvalue weighted by Gasteiger charge is 2.26. The van der Waals surface area contributed by atoms with E-state index in [-0.39, 0.29) is 17.7 Å². The largest absolute Gasteiger partial charge is 0.467 e. The van der Waals surface area contributed by atoms with E-state index in [4.69, 9.17) is 4.42 Å². The Morgan fingerprint density at radius 3 is 2.55 bits per heavy atom. The molecule has 2 heterocycles. The molecular weight excluding hydrogens is 360 g/mol. The molecule has 2 atom stereocenters. The number of aromatic nitrogens is 1. The van der Waals surface area contributed by atoms with Crippen molar-refractivity contribution in [2.75, 3.05) is 0 Å². The van der Waals surface area contributed by atoms with Gasteiger partial charge in [0, 0.05) is 36.5 Å². The standard InChI is InChI=1S/C25H26N2O2/c1-18(19-9-4-3-5-10-19)22(15-25(28)26-16-20-11-8-14-29-20)23-17-27(2)24-13-7-6-12-21(23)24/h3-14,17-18,22H,15-16H2,1-2H3,(H,26,28)/t18-,22+/m1/s1. The Bertz CT molecular complexity index is 1080. The number of nitrogens with one attached hydrogen (secondary N) is 1.